The van der Waals surface area contributed by atoms with Crippen molar-refractivity contribution < 1.29 is 23.4 Å². The van der Waals surface area contributed by atoms with Gasteiger partial charge in [0.25, 0.3) is 0 Å². The Morgan fingerprint density at radius 1 is 1.04 bits per heavy atom. The molecule has 2 aromatic rings. The van der Waals surface area contributed by atoms with E-state index in [-0.39, 0.29) is 18.9 Å². The molecule has 26 heavy (non-hydrogen) atoms. The Balaban J connectivity index is 2.25. The smallest absolute Gasteiger partial charge is 0.319 e. The number of halogens is 2. The molecule has 0 unspecified atom stereocenters. The minimum Gasteiger partial charge on any atom is -0.497 e. The van der Waals surface area contributed by atoms with Crippen molar-refractivity contribution in [2.24, 2.45) is 0 Å². The molecule has 0 radical (unpaired) electrons. The maximum Gasteiger partial charge on any atom is 0.319 e. The third-order valence-electron chi connectivity index (χ3n) is 3.81. The lowest BCUT2D eigenvalue weighted by Crippen LogP contribution is -2.30. The zero-order valence-electron chi connectivity index (χ0n) is 14.9. The molecule has 0 heterocycles. The Hall–Kier alpha value is -2.12. The van der Waals surface area contributed by atoms with Gasteiger partial charge in [-0.15, -0.1) is 0 Å². The first kappa shape index (κ1) is 20.2. The van der Waals surface area contributed by atoms with Gasteiger partial charge in [0.2, 0.25) is 0 Å². The fourth-order valence-electron chi connectivity index (χ4n) is 2.52. The zero-order chi connectivity index (χ0) is 19.1. The maximum atomic E-state index is 14.2. The molecule has 0 saturated heterocycles. The number of rotatable bonds is 8. The van der Waals surface area contributed by atoms with Gasteiger partial charge in [0.05, 0.1) is 27.9 Å². The summed E-state index contributed by atoms with van der Waals surface area (Å²) in [6.07, 6.45) is 0. The molecule has 0 aliphatic rings. The number of carbonyl (C=O) groups excluding carboxylic acids is 1. The summed E-state index contributed by atoms with van der Waals surface area (Å²) in [6.45, 7) is 0.692. The standard InChI is InChI=1S/C19H21BrFNO4/c1-24-16-6-13(7-17(9-16)25-2)10-22(12-19(23)26-3)11-14-4-5-15(20)8-18(14)21/h4-9H,10-12H2,1-3H3. The molecule has 7 heteroatoms. The number of methoxy groups -OCH3 is 3. The highest BCUT2D eigenvalue weighted by Crippen LogP contribution is 2.24. The van der Waals surface area contributed by atoms with Crippen LogP contribution in [0.3, 0.4) is 0 Å². The summed E-state index contributed by atoms with van der Waals surface area (Å²) in [5.74, 6) is 0.564. The van der Waals surface area contributed by atoms with Crippen LogP contribution in [-0.4, -0.2) is 38.7 Å². The van der Waals surface area contributed by atoms with E-state index in [9.17, 15) is 9.18 Å². The average Bonchev–Trinajstić information content (AvgIpc) is 2.63. The minimum atomic E-state index is -0.391. The van der Waals surface area contributed by atoms with Crippen molar-refractivity contribution in [2.75, 3.05) is 27.9 Å². The van der Waals surface area contributed by atoms with Crippen molar-refractivity contribution in [3.8, 4) is 11.5 Å². The SMILES string of the molecule is COC(=O)CN(Cc1cc(OC)cc(OC)c1)Cc1ccc(Br)cc1F. The number of benzene rings is 2. The topological polar surface area (TPSA) is 48.0 Å². The number of hydrogen-bond acceptors (Lipinski definition) is 5. The Morgan fingerprint density at radius 3 is 2.23 bits per heavy atom. The van der Waals surface area contributed by atoms with Gasteiger partial charge in [0.15, 0.2) is 0 Å². The van der Waals surface area contributed by atoms with Crippen molar-refractivity contribution in [3.63, 3.8) is 0 Å². The summed E-state index contributed by atoms with van der Waals surface area (Å²) in [5, 5.41) is 0. The molecule has 2 rings (SSSR count). The number of carbonyl (C=O) groups is 1. The highest BCUT2D eigenvalue weighted by Gasteiger charge is 2.16. The molecule has 0 atom stereocenters. The van der Waals surface area contributed by atoms with Crippen LogP contribution in [0.4, 0.5) is 4.39 Å². The monoisotopic (exact) mass is 425 g/mol. The van der Waals surface area contributed by atoms with E-state index < -0.39 is 5.97 Å². The molecule has 0 aliphatic heterocycles. The van der Waals surface area contributed by atoms with Gasteiger partial charge in [0, 0.05) is 29.2 Å². The first-order valence-corrected chi connectivity index (χ1v) is 8.69. The second-order valence-corrected chi connectivity index (χ2v) is 6.59. The molecule has 2 aromatic carbocycles. The fourth-order valence-corrected chi connectivity index (χ4v) is 2.85. The van der Waals surface area contributed by atoms with Gasteiger partial charge < -0.3 is 14.2 Å². The molecule has 0 aromatic heterocycles. The first-order valence-electron chi connectivity index (χ1n) is 7.90. The van der Waals surface area contributed by atoms with E-state index in [4.69, 9.17) is 14.2 Å². The van der Waals surface area contributed by atoms with E-state index in [1.807, 2.05) is 12.1 Å². The van der Waals surface area contributed by atoms with Gasteiger partial charge in [-0.3, -0.25) is 9.69 Å². The molecule has 0 saturated carbocycles. The molecular formula is C19H21BrFNO4. The molecular weight excluding hydrogens is 405 g/mol. The van der Waals surface area contributed by atoms with Gasteiger partial charge in [0.1, 0.15) is 17.3 Å². The predicted octanol–water partition coefficient (Wildman–Crippen LogP) is 3.78. The second-order valence-electron chi connectivity index (χ2n) is 5.68. The van der Waals surface area contributed by atoms with Crippen LogP contribution in [-0.2, 0) is 22.6 Å². The first-order chi connectivity index (χ1) is 12.4. The van der Waals surface area contributed by atoms with Crippen LogP contribution in [0.15, 0.2) is 40.9 Å². The largest absolute Gasteiger partial charge is 0.497 e. The summed E-state index contributed by atoms with van der Waals surface area (Å²) >= 11 is 3.24. The lowest BCUT2D eigenvalue weighted by atomic mass is 10.1. The Morgan fingerprint density at radius 2 is 1.69 bits per heavy atom. The quantitative estimate of drug-likeness (QED) is 0.602. The predicted molar refractivity (Wildman–Crippen MR) is 99.8 cm³/mol. The third-order valence-corrected chi connectivity index (χ3v) is 4.30. The van der Waals surface area contributed by atoms with Crippen molar-refractivity contribution in [2.45, 2.75) is 13.1 Å². The van der Waals surface area contributed by atoms with Crippen molar-refractivity contribution in [1.29, 1.82) is 0 Å². The number of ether oxygens (including phenoxy) is 3. The summed E-state index contributed by atoms with van der Waals surface area (Å²) in [7, 11) is 4.47. The average molecular weight is 426 g/mol. The number of hydrogen-bond donors (Lipinski definition) is 0. The Bertz CT molecular complexity index is 747. The third kappa shape index (κ3) is 5.71. The van der Waals surface area contributed by atoms with E-state index in [0.717, 1.165) is 5.56 Å². The molecule has 5 nitrogen and oxygen atoms in total. The van der Waals surface area contributed by atoms with E-state index in [1.54, 1.807) is 37.3 Å². The lowest BCUT2D eigenvalue weighted by molar-refractivity contribution is -0.142. The van der Waals surface area contributed by atoms with Gasteiger partial charge >= 0.3 is 5.97 Å². The highest BCUT2D eigenvalue weighted by atomic mass is 79.9. The minimum absolute atomic E-state index is 0.0333. The van der Waals surface area contributed by atoms with Crippen molar-refractivity contribution in [1.82, 2.24) is 4.90 Å². The Kier molecular flexibility index (Phi) is 7.41. The van der Waals surface area contributed by atoms with Crippen LogP contribution in [0.25, 0.3) is 0 Å². The van der Waals surface area contributed by atoms with Crippen LogP contribution in [0.1, 0.15) is 11.1 Å². The van der Waals surface area contributed by atoms with Crippen LogP contribution < -0.4 is 9.47 Å². The van der Waals surface area contributed by atoms with Crippen molar-refractivity contribution >= 4 is 21.9 Å². The molecule has 140 valence electrons. The molecule has 0 bridgehead atoms. The summed E-state index contributed by atoms with van der Waals surface area (Å²) in [4.78, 5) is 13.6. The summed E-state index contributed by atoms with van der Waals surface area (Å²) < 4.78 is 30.2. The second kappa shape index (κ2) is 9.54. The molecule has 0 spiro atoms. The van der Waals surface area contributed by atoms with E-state index in [1.165, 1.54) is 13.2 Å². The normalized spacial score (nSPS) is 10.7. The van der Waals surface area contributed by atoms with Gasteiger partial charge in [-0.25, -0.2) is 4.39 Å². The van der Waals surface area contributed by atoms with E-state index >= 15 is 0 Å². The van der Waals surface area contributed by atoms with E-state index in [0.29, 0.717) is 28.1 Å². The lowest BCUT2D eigenvalue weighted by Gasteiger charge is -2.22. The van der Waals surface area contributed by atoms with Gasteiger partial charge in [-0.1, -0.05) is 22.0 Å². The van der Waals surface area contributed by atoms with E-state index in [2.05, 4.69) is 15.9 Å². The Labute approximate surface area is 160 Å². The highest BCUT2D eigenvalue weighted by molar-refractivity contribution is 9.10. The molecule has 0 amide bonds. The van der Waals surface area contributed by atoms with Crippen molar-refractivity contribution in [3.05, 3.63) is 57.8 Å². The van der Waals surface area contributed by atoms with Gasteiger partial charge in [-0.2, -0.15) is 0 Å². The zero-order valence-corrected chi connectivity index (χ0v) is 16.5. The van der Waals surface area contributed by atoms with Crippen LogP contribution >= 0.6 is 15.9 Å². The van der Waals surface area contributed by atoms with Crippen LogP contribution in [0.5, 0.6) is 11.5 Å². The molecule has 0 aliphatic carbocycles. The maximum absolute atomic E-state index is 14.2. The fraction of sp³-hybridized carbons (Fsp3) is 0.316. The number of nitrogens with zero attached hydrogens (tertiary/aromatic N) is 1. The molecule has 0 fully saturated rings. The van der Waals surface area contributed by atoms with Crippen LogP contribution in [0, 0.1) is 5.82 Å². The molecule has 0 N–H and O–H groups in total. The summed E-state index contributed by atoms with van der Waals surface area (Å²) in [6, 6.07) is 10.3. The number of esters is 1. The van der Waals surface area contributed by atoms with Gasteiger partial charge in [-0.05, 0) is 29.8 Å². The van der Waals surface area contributed by atoms with Crippen LogP contribution in [0.2, 0.25) is 0 Å². The summed E-state index contributed by atoms with van der Waals surface area (Å²) in [5.41, 5.74) is 1.37.